The Kier molecular flexibility index (Phi) is 11.7. The molecular formula is C19H37N5O2. The minimum atomic E-state index is 0.470. The molecule has 26 heavy (non-hydrogen) atoms. The monoisotopic (exact) mass is 367 g/mol. The van der Waals surface area contributed by atoms with Gasteiger partial charge >= 0.3 is 0 Å². The molecular weight excluding hydrogens is 330 g/mol. The minimum absolute atomic E-state index is 0.470. The summed E-state index contributed by atoms with van der Waals surface area (Å²) in [5.74, 6) is 2.09. The Morgan fingerprint density at radius 2 is 2.04 bits per heavy atom. The number of guanidine groups is 1. The molecule has 1 rings (SSSR count). The number of methoxy groups -OCH3 is 1. The summed E-state index contributed by atoms with van der Waals surface area (Å²) in [6.07, 6.45) is 3.20. The van der Waals surface area contributed by atoms with Crippen LogP contribution >= 0.6 is 0 Å². The van der Waals surface area contributed by atoms with Gasteiger partial charge in [-0.25, -0.2) is 4.99 Å². The fourth-order valence-electron chi connectivity index (χ4n) is 2.72. The van der Waals surface area contributed by atoms with Crippen molar-refractivity contribution < 1.29 is 9.26 Å². The Bertz CT molecular complexity index is 500. The van der Waals surface area contributed by atoms with Crippen molar-refractivity contribution in [2.75, 3.05) is 46.9 Å². The fraction of sp³-hybridized carbons (Fsp3) is 0.789. The Hall–Kier alpha value is -1.60. The van der Waals surface area contributed by atoms with Crippen LogP contribution in [-0.2, 0) is 11.3 Å². The molecule has 7 nitrogen and oxygen atoms in total. The van der Waals surface area contributed by atoms with E-state index in [1.807, 2.05) is 6.07 Å². The van der Waals surface area contributed by atoms with Gasteiger partial charge in [0.1, 0.15) is 6.54 Å². The lowest BCUT2D eigenvalue weighted by Gasteiger charge is -2.16. The van der Waals surface area contributed by atoms with Crippen LogP contribution in [0.1, 0.15) is 57.4 Å². The predicted molar refractivity (Wildman–Crippen MR) is 107 cm³/mol. The van der Waals surface area contributed by atoms with Gasteiger partial charge in [0.25, 0.3) is 0 Å². The number of hydrogen-bond acceptors (Lipinski definition) is 5. The van der Waals surface area contributed by atoms with Crippen LogP contribution in [0.5, 0.6) is 0 Å². The standard InChI is InChI=1S/C19H37N5O2/c1-6-16(7-2)18-14-17(26-23-18)15-22-19(20-8-3)21-10-9-11-24(4)12-13-25-5/h14,16H,6-13,15H2,1-5H3,(H2,20,21,22). The molecule has 2 N–H and O–H groups in total. The van der Waals surface area contributed by atoms with E-state index in [4.69, 9.17) is 9.26 Å². The van der Waals surface area contributed by atoms with Gasteiger partial charge in [0.15, 0.2) is 11.7 Å². The maximum absolute atomic E-state index is 5.44. The van der Waals surface area contributed by atoms with Gasteiger partial charge in [0.05, 0.1) is 12.3 Å². The van der Waals surface area contributed by atoms with Crippen LogP contribution in [0.4, 0.5) is 0 Å². The number of aliphatic imine (C=N–C) groups is 1. The molecule has 1 aromatic rings. The first kappa shape index (κ1) is 22.4. The molecule has 0 aliphatic carbocycles. The first-order valence-electron chi connectivity index (χ1n) is 9.79. The molecule has 0 aliphatic heterocycles. The number of nitrogens with zero attached hydrogens (tertiary/aromatic N) is 3. The van der Waals surface area contributed by atoms with Crippen molar-refractivity contribution in [3.63, 3.8) is 0 Å². The van der Waals surface area contributed by atoms with Gasteiger partial charge in [-0.3, -0.25) is 0 Å². The maximum Gasteiger partial charge on any atom is 0.191 e. The summed E-state index contributed by atoms with van der Waals surface area (Å²) in [7, 11) is 3.84. The average Bonchev–Trinajstić information content (AvgIpc) is 3.11. The average molecular weight is 368 g/mol. The zero-order valence-electron chi connectivity index (χ0n) is 17.2. The Labute approximate surface area is 158 Å². The molecule has 0 spiro atoms. The molecule has 7 heteroatoms. The minimum Gasteiger partial charge on any atom is -0.383 e. The summed E-state index contributed by atoms with van der Waals surface area (Å²) in [6, 6.07) is 2.04. The molecule has 0 atom stereocenters. The van der Waals surface area contributed by atoms with Crippen LogP contribution in [0.3, 0.4) is 0 Å². The first-order chi connectivity index (χ1) is 12.6. The molecule has 1 heterocycles. The van der Waals surface area contributed by atoms with Crippen LogP contribution in [-0.4, -0.2) is 63.0 Å². The smallest absolute Gasteiger partial charge is 0.191 e. The van der Waals surface area contributed by atoms with Crippen molar-refractivity contribution in [3.8, 4) is 0 Å². The summed E-state index contributed by atoms with van der Waals surface area (Å²) in [5, 5.41) is 10.8. The highest BCUT2D eigenvalue weighted by Gasteiger charge is 2.12. The predicted octanol–water partition coefficient (Wildman–Crippen LogP) is 2.60. The van der Waals surface area contributed by atoms with E-state index in [1.165, 1.54) is 0 Å². The second-order valence-electron chi connectivity index (χ2n) is 6.50. The van der Waals surface area contributed by atoms with E-state index in [9.17, 15) is 0 Å². The van der Waals surface area contributed by atoms with E-state index in [0.717, 1.165) is 69.5 Å². The number of hydrogen-bond donors (Lipinski definition) is 2. The molecule has 150 valence electrons. The molecule has 0 aliphatic rings. The van der Waals surface area contributed by atoms with Crippen LogP contribution in [0.2, 0.25) is 0 Å². The van der Waals surface area contributed by atoms with E-state index < -0.39 is 0 Å². The van der Waals surface area contributed by atoms with Crippen LogP contribution in [0.25, 0.3) is 0 Å². The van der Waals surface area contributed by atoms with Gasteiger partial charge in [0, 0.05) is 38.7 Å². The fourth-order valence-corrected chi connectivity index (χ4v) is 2.72. The molecule has 0 saturated heterocycles. The van der Waals surface area contributed by atoms with Crippen molar-refractivity contribution >= 4 is 5.96 Å². The second kappa shape index (κ2) is 13.6. The molecule has 0 bridgehead atoms. The summed E-state index contributed by atoms with van der Waals surface area (Å²) in [6.45, 7) is 11.4. The number of likely N-dealkylation sites (N-methyl/N-ethyl adjacent to an activating group) is 1. The lowest BCUT2D eigenvalue weighted by Crippen LogP contribution is -2.38. The van der Waals surface area contributed by atoms with Crippen molar-refractivity contribution in [1.29, 1.82) is 0 Å². The number of nitrogens with one attached hydrogen (secondary N) is 2. The van der Waals surface area contributed by atoms with Gasteiger partial charge in [-0.05, 0) is 39.8 Å². The molecule has 1 aromatic heterocycles. The molecule has 0 amide bonds. The van der Waals surface area contributed by atoms with Crippen molar-refractivity contribution in [2.45, 2.75) is 52.5 Å². The van der Waals surface area contributed by atoms with E-state index in [2.05, 4.69) is 53.5 Å². The van der Waals surface area contributed by atoms with E-state index >= 15 is 0 Å². The van der Waals surface area contributed by atoms with Crippen LogP contribution < -0.4 is 10.6 Å². The number of rotatable bonds is 13. The largest absolute Gasteiger partial charge is 0.383 e. The normalized spacial score (nSPS) is 12.2. The van der Waals surface area contributed by atoms with Gasteiger partial charge < -0.3 is 24.8 Å². The maximum atomic E-state index is 5.44. The van der Waals surface area contributed by atoms with Gasteiger partial charge in [-0.1, -0.05) is 19.0 Å². The summed E-state index contributed by atoms with van der Waals surface area (Å²) in [4.78, 5) is 6.87. The molecule has 0 fully saturated rings. The molecule has 0 aromatic carbocycles. The third-order valence-electron chi connectivity index (χ3n) is 4.40. The third kappa shape index (κ3) is 8.67. The van der Waals surface area contributed by atoms with Gasteiger partial charge in [-0.2, -0.15) is 0 Å². The lowest BCUT2D eigenvalue weighted by atomic mass is 9.99. The Morgan fingerprint density at radius 3 is 2.69 bits per heavy atom. The SMILES string of the molecule is CCNC(=NCc1cc(C(CC)CC)no1)NCCCN(C)CCOC. The highest BCUT2D eigenvalue weighted by molar-refractivity contribution is 5.79. The molecule has 0 saturated carbocycles. The van der Waals surface area contributed by atoms with Crippen molar-refractivity contribution in [2.24, 2.45) is 4.99 Å². The van der Waals surface area contributed by atoms with Gasteiger partial charge in [0.2, 0.25) is 0 Å². The Morgan fingerprint density at radius 1 is 1.27 bits per heavy atom. The van der Waals surface area contributed by atoms with E-state index in [-0.39, 0.29) is 0 Å². The first-order valence-corrected chi connectivity index (χ1v) is 9.79. The highest BCUT2D eigenvalue weighted by Crippen LogP contribution is 2.22. The summed E-state index contributed by atoms with van der Waals surface area (Å²) < 4.78 is 10.5. The van der Waals surface area contributed by atoms with Gasteiger partial charge in [-0.15, -0.1) is 0 Å². The quantitative estimate of drug-likeness (QED) is 0.317. The van der Waals surface area contributed by atoms with Crippen molar-refractivity contribution in [1.82, 2.24) is 20.7 Å². The van der Waals surface area contributed by atoms with E-state index in [0.29, 0.717) is 12.5 Å². The lowest BCUT2D eigenvalue weighted by molar-refractivity contribution is 0.161. The van der Waals surface area contributed by atoms with Crippen LogP contribution in [0.15, 0.2) is 15.6 Å². The molecule has 0 radical (unpaired) electrons. The number of ether oxygens (including phenoxy) is 1. The molecule has 0 unspecified atom stereocenters. The number of aromatic nitrogens is 1. The summed E-state index contributed by atoms with van der Waals surface area (Å²) >= 11 is 0. The highest BCUT2D eigenvalue weighted by atomic mass is 16.5. The zero-order valence-corrected chi connectivity index (χ0v) is 17.2. The zero-order chi connectivity index (χ0) is 19.2. The Balaban J connectivity index is 2.43. The second-order valence-corrected chi connectivity index (χ2v) is 6.50. The van der Waals surface area contributed by atoms with E-state index in [1.54, 1.807) is 7.11 Å². The topological polar surface area (TPSA) is 74.9 Å². The third-order valence-corrected chi connectivity index (χ3v) is 4.40. The summed E-state index contributed by atoms with van der Waals surface area (Å²) in [5.41, 5.74) is 1.04. The van der Waals surface area contributed by atoms with Crippen LogP contribution in [0, 0.1) is 0 Å². The van der Waals surface area contributed by atoms with Crippen molar-refractivity contribution in [3.05, 3.63) is 17.5 Å².